The molecule has 0 saturated heterocycles. The van der Waals surface area contributed by atoms with Crippen molar-refractivity contribution in [2.45, 2.75) is 80.1 Å². The number of hydrogen-bond donors (Lipinski definition) is 0. The summed E-state index contributed by atoms with van der Waals surface area (Å²) < 4.78 is 0. The average Bonchev–Trinajstić information content (AvgIpc) is 2.31. The molecule has 0 N–H and O–H groups in total. The summed E-state index contributed by atoms with van der Waals surface area (Å²) in [6, 6.07) is 0. The Morgan fingerprint density at radius 1 is 0.625 bits per heavy atom. The van der Waals surface area contributed by atoms with E-state index in [0.717, 1.165) is 23.7 Å². The van der Waals surface area contributed by atoms with Crippen molar-refractivity contribution in [3.05, 3.63) is 0 Å². The average molecular weight is 226 g/mol. The molecule has 0 radical (unpaired) electrons. The first-order chi connectivity index (χ1) is 7.52. The minimum absolute atomic E-state index is 0.901. The van der Waals surface area contributed by atoms with Gasteiger partial charge in [0.15, 0.2) is 0 Å². The quantitative estimate of drug-likeness (QED) is 0.458. The Kier molecular flexibility index (Phi) is 9.07. The van der Waals surface area contributed by atoms with Crippen molar-refractivity contribution in [1.82, 2.24) is 0 Å². The van der Waals surface area contributed by atoms with E-state index in [4.69, 9.17) is 0 Å². The van der Waals surface area contributed by atoms with Gasteiger partial charge in [-0.1, -0.05) is 80.1 Å². The second kappa shape index (κ2) is 9.07. The topological polar surface area (TPSA) is 0 Å². The molecule has 0 rings (SSSR count). The fraction of sp³-hybridized carbons (Fsp3) is 1.00. The summed E-state index contributed by atoms with van der Waals surface area (Å²) in [5.41, 5.74) is 0. The van der Waals surface area contributed by atoms with Crippen molar-refractivity contribution in [3.63, 3.8) is 0 Å². The molecular weight excluding hydrogens is 192 g/mol. The standard InChI is InChI=1S/C16H34/c1-7-9-10-14(4)16(6)12-11-15(5)13(3)8-2/h13-16H,7-12H2,1-6H3. The van der Waals surface area contributed by atoms with Gasteiger partial charge in [0.1, 0.15) is 0 Å². The number of unbranched alkanes of at least 4 members (excludes halogenated alkanes) is 1. The zero-order chi connectivity index (χ0) is 12.6. The fourth-order valence-corrected chi connectivity index (χ4v) is 2.31. The van der Waals surface area contributed by atoms with Gasteiger partial charge < -0.3 is 0 Å². The van der Waals surface area contributed by atoms with E-state index in [1.807, 2.05) is 0 Å². The molecule has 4 atom stereocenters. The number of rotatable bonds is 9. The lowest BCUT2D eigenvalue weighted by Gasteiger charge is -2.24. The molecule has 0 spiro atoms. The van der Waals surface area contributed by atoms with E-state index in [9.17, 15) is 0 Å². The largest absolute Gasteiger partial charge is 0.0654 e. The lowest BCUT2D eigenvalue weighted by atomic mass is 9.82. The molecule has 0 saturated carbocycles. The van der Waals surface area contributed by atoms with Crippen LogP contribution in [-0.4, -0.2) is 0 Å². The highest BCUT2D eigenvalue weighted by atomic mass is 14.2. The molecule has 0 aromatic rings. The first kappa shape index (κ1) is 16.0. The van der Waals surface area contributed by atoms with E-state index in [2.05, 4.69) is 41.5 Å². The summed E-state index contributed by atoms with van der Waals surface area (Å²) in [5, 5.41) is 0. The Bertz CT molecular complexity index is 150. The molecule has 0 aliphatic heterocycles. The SMILES string of the molecule is CCCCC(C)C(C)CCC(C)C(C)CC. The van der Waals surface area contributed by atoms with Crippen molar-refractivity contribution >= 4 is 0 Å². The van der Waals surface area contributed by atoms with Crippen LogP contribution in [0, 0.1) is 23.7 Å². The van der Waals surface area contributed by atoms with Gasteiger partial charge in [-0.15, -0.1) is 0 Å². The van der Waals surface area contributed by atoms with Crippen LogP contribution in [0.15, 0.2) is 0 Å². The lowest BCUT2D eigenvalue weighted by Crippen LogP contribution is -2.12. The molecule has 0 heterocycles. The third-order valence-corrected chi connectivity index (χ3v) is 4.68. The molecule has 0 bridgehead atoms. The molecular formula is C16H34. The van der Waals surface area contributed by atoms with E-state index in [1.54, 1.807) is 0 Å². The predicted molar refractivity (Wildman–Crippen MR) is 75.7 cm³/mol. The van der Waals surface area contributed by atoms with Gasteiger partial charge in [0, 0.05) is 0 Å². The molecule has 0 aromatic carbocycles. The minimum Gasteiger partial charge on any atom is -0.0654 e. The second-order valence-electron chi connectivity index (χ2n) is 6.04. The summed E-state index contributed by atoms with van der Waals surface area (Å²) in [4.78, 5) is 0. The van der Waals surface area contributed by atoms with E-state index in [0.29, 0.717) is 0 Å². The molecule has 0 aliphatic carbocycles. The first-order valence-electron chi connectivity index (χ1n) is 7.52. The van der Waals surface area contributed by atoms with Crippen molar-refractivity contribution < 1.29 is 0 Å². The zero-order valence-corrected chi connectivity index (χ0v) is 12.6. The van der Waals surface area contributed by atoms with Gasteiger partial charge in [-0.3, -0.25) is 0 Å². The molecule has 0 aromatic heterocycles. The molecule has 98 valence electrons. The van der Waals surface area contributed by atoms with Crippen LogP contribution in [0.25, 0.3) is 0 Å². The lowest BCUT2D eigenvalue weighted by molar-refractivity contribution is 0.277. The minimum atomic E-state index is 0.901. The summed E-state index contributed by atoms with van der Waals surface area (Å²) >= 11 is 0. The maximum absolute atomic E-state index is 2.45. The van der Waals surface area contributed by atoms with Gasteiger partial charge in [0.2, 0.25) is 0 Å². The third kappa shape index (κ3) is 6.55. The maximum Gasteiger partial charge on any atom is -0.0417 e. The van der Waals surface area contributed by atoms with Crippen molar-refractivity contribution in [2.75, 3.05) is 0 Å². The predicted octanol–water partition coefficient (Wildman–Crippen LogP) is 5.91. The summed E-state index contributed by atoms with van der Waals surface area (Å²) in [6.07, 6.45) is 8.37. The Balaban J connectivity index is 3.74. The van der Waals surface area contributed by atoms with Crippen LogP contribution in [0.5, 0.6) is 0 Å². The summed E-state index contributed by atoms with van der Waals surface area (Å²) in [6.45, 7) is 14.3. The highest BCUT2D eigenvalue weighted by Crippen LogP contribution is 2.27. The van der Waals surface area contributed by atoms with Gasteiger partial charge in [0.05, 0.1) is 0 Å². The Morgan fingerprint density at radius 3 is 1.50 bits per heavy atom. The van der Waals surface area contributed by atoms with E-state index >= 15 is 0 Å². The molecule has 0 nitrogen and oxygen atoms in total. The van der Waals surface area contributed by atoms with Gasteiger partial charge in [-0.05, 0) is 23.7 Å². The van der Waals surface area contributed by atoms with Crippen LogP contribution < -0.4 is 0 Å². The molecule has 0 aliphatic rings. The molecule has 0 amide bonds. The smallest absolute Gasteiger partial charge is 0.0417 e. The van der Waals surface area contributed by atoms with Crippen LogP contribution in [0.2, 0.25) is 0 Å². The van der Waals surface area contributed by atoms with Crippen LogP contribution >= 0.6 is 0 Å². The van der Waals surface area contributed by atoms with E-state index in [1.165, 1.54) is 38.5 Å². The van der Waals surface area contributed by atoms with Crippen LogP contribution in [-0.2, 0) is 0 Å². The highest BCUT2D eigenvalue weighted by Gasteiger charge is 2.15. The Labute approximate surface area is 104 Å². The van der Waals surface area contributed by atoms with Crippen LogP contribution in [0.3, 0.4) is 0 Å². The molecule has 4 unspecified atom stereocenters. The van der Waals surface area contributed by atoms with Crippen molar-refractivity contribution in [1.29, 1.82) is 0 Å². The Morgan fingerprint density at radius 2 is 1.06 bits per heavy atom. The number of hydrogen-bond acceptors (Lipinski definition) is 0. The van der Waals surface area contributed by atoms with E-state index < -0.39 is 0 Å². The molecule has 16 heavy (non-hydrogen) atoms. The fourth-order valence-electron chi connectivity index (χ4n) is 2.31. The normalized spacial score (nSPS) is 19.1. The van der Waals surface area contributed by atoms with Crippen molar-refractivity contribution in [3.8, 4) is 0 Å². The van der Waals surface area contributed by atoms with Gasteiger partial charge in [0.25, 0.3) is 0 Å². The van der Waals surface area contributed by atoms with Crippen LogP contribution in [0.4, 0.5) is 0 Å². The second-order valence-corrected chi connectivity index (χ2v) is 6.04. The monoisotopic (exact) mass is 226 g/mol. The van der Waals surface area contributed by atoms with Gasteiger partial charge in [-0.2, -0.15) is 0 Å². The van der Waals surface area contributed by atoms with Gasteiger partial charge >= 0.3 is 0 Å². The van der Waals surface area contributed by atoms with Gasteiger partial charge in [-0.25, -0.2) is 0 Å². The van der Waals surface area contributed by atoms with Crippen molar-refractivity contribution in [2.24, 2.45) is 23.7 Å². The maximum atomic E-state index is 2.45. The summed E-state index contributed by atoms with van der Waals surface area (Å²) in [5.74, 6) is 3.64. The summed E-state index contributed by atoms with van der Waals surface area (Å²) in [7, 11) is 0. The Hall–Kier alpha value is 0. The first-order valence-corrected chi connectivity index (χ1v) is 7.52. The van der Waals surface area contributed by atoms with Crippen LogP contribution in [0.1, 0.15) is 80.1 Å². The third-order valence-electron chi connectivity index (χ3n) is 4.68. The van der Waals surface area contributed by atoms with E-state index in [-0.39, 0.29) is 0 Å². The zero-order valence-electron chi connectivity index (χ0n) is 12.6. The highest BCUT2D eigenvalue weighted by molar-refractivity contribution is 4.66. The molecule has 0 fully saturated rings. The molecule has 0 heteroatoms.